The Kier molecular flexibility index (Phi) is 5.77. The standard InChI is InChI=1S/C28H27NO2/c1-4-17-28(18-5-2)27(30)25-19-23(22-11-14-24(31-3)15-12-22)13-16-26(25)29(28)20-21-9-7-6-8-10-21/h4-16,19H,1-2,17-18,20H2,3H3. The van der Waals surface area contributed by atoms with Crippen molar-refractivity contribution in [3.05, 3.63) is 109 Å². The van der Waals surface area contributed by atoms with Crippen LogP contribution in [0.4, 0.5) is 5.69 Å². The molecule has 0 bridgehead atoms. The van der Waals surface area contributed by atoms with Gasteiger partial charge < -0.3 is 9.64 Å². The van der Waals surface area contributed by atoms with E-state index in [1.165, 1.54) is 5.56 Å². The smallest absolute Gasteiger partial charge is 0.191 e. The molecule has 31 heavy (non-hydrogen) atoms. The van der Waals surface area contributed by atoms with Crippen molar-refractivity contribution in [3.8, 4) is 16.9 Å². The summed E-state index contributed by atoms with van der Waals surface area (Å²) in [5.41, 5.74) is 4.27. The number of hydrogen-bond acceptors (Lipinski definition) is 3. The summed E-state index contributed by atoms with van der Waals surface area (Å²) in [6.45, 7) is 8.55. The highest BCUT2D eigenvalue weighted by atomic mass is 16.5. The van der Waals surface area contributed by atoms with Gasteiger partial charge in [0.15, 0.2) is 5.78 Å². The summed E-state index contributed by atoms with van der Waals surface area (Å²) in [5.74, 6) is 0.944. The molecule has 0 saturated carbocycles. The van der Waals surface area contributed by atoms with Gasteiger partial charge in [-0.2, -0.15) is 0 Å². The molecule has 0 amide bonds. The SMILES string of the molecule is C=CCC1(CC=C)C(=O)c2cc(-c3ccc(OC)cc3)ccc2N1Cc1ccccc1. The summed E-state index contributed by atoms with van der Waals surface area (Å²) in [6.07, 6.45) is 4.82. The number of nitrogens with zero attached hydrogens (tertiary/aromatic N) is 1. The van der Waals surface area contributed by atoms with Gasteiger partial charge in [0.1, 0.15) is 11.3 Å². The predicted molar refractivity (Wildman–Crippen MR) is 128 cm³/mol. The van der Waals surface area contributed by atoms with Gasteiger partial charge >= 0.3 is 0 Å². The van der Waals surface area contributed by atoms with E-state index in [2.05, 4.69) is 42.3 Å². The first-order valence-corrected chi connectivity index (χ1v) is 10.5. The zero-order valence-electron chi connectivity index (χ0n) is 17.9. The molecule has 0 saturated heterocycles. The molecule has 0 aliphatic carbocycles. The monoisotopic (exact) mass is 409 g/mol. The second-order valence-electron chi connectivity index (χ2n) is 7.88. The largest absolute Gasteiger partial charge is 0.497 e. The summed E-state index contributed by atoms with van der Waals surface area (Å²) in [6, 6.07) is 24.4. The van der Waals surface area contributed by atoms with E-state index in [0.717, 1.165) is 28.1 Å². The second kappa shape index (κ2) is 8.65. The molecular weight excluding hydrogens is 382 g/mol. The lowest BCUT2D eigenvalue weighted by molar-refractivity contribution is 0.0901. The first kappa shape index (κ1) is 20.7. The van der Waals surface area contributed by atoms with Gasteiger partial charge in [-0.05, 0) is 53.8 Å². The molecule has 0 unspecified atom stereocenters. The summed E-state index contributed by atoms with van der Waals surface area (Å²) in [5, 5.41) is 0. The van der Waals surface area contributed by atoms with Crippen LogP contribution in [-0.4, -0.2) is 18.4 Å². The predicted octanol–water partition coefficient (Wildman–Crippen LogP) is 6.46. The molecule has 0 atom stereocenters. The molecule has 0 N–H and O–H groups in total. The van der Waals surface area contributed by atoms with Crippen LogP contribution < -0.4 is 9.64 Å². The van der Waals surface area contributed by atoms with Crippen LogP contribution in [0.3, 0.4) is 0 Å². The van der Waals surface area contributed by atoms with Crippen molar-refractivity contribution in [1.82, 2.24) is 0 Å². The highest BCUT2D eigenvalue weighted by Gasteiger charge is 2.49. The van der Waals surface area contributed by atoms with Gasteiger partial charge in [-0.25, -0.2) is 0 Å². The normalized spacial score (nSPS) is 14.2. The van der Waals surface area contributed by atoms with Gasteiger partial charge in [0, 0.05) is 17.8 Å². The third-order valence-electron chi connectivity index (χ3n) is 6.04. The first-order chi connectivity index (χ1) is 15.1. The highest BCUT2D eigenvalue weighted by molar-refractivity contribution is 6.15. The van der Waals surface area contributed by atoms with Crippen LogP contribution in [0.1, 0.15) is 28.8 Å². The summed E-state index contributed by atoms with van der Waals surface area (Å²) in [4.78, 5) is 16.1. The Labute approximate surface area is 184 Å². The van der Waals surface area contributed by atoms with E-state index in [9.17, 15) is 4.79 Å². The minimum atomic E-state index is -0.694. The lowest BCUT2D eigenvalue weighted by atomic mass is 9.85. The quantitative estimate of drug-likeness (QED) is 0.400. The molecule has 0 spiro atoms. The van der Waals surface area contributed by atoms with Crippen LogP contribution in [0.25, 0.3) is 11.1 Å². The molecule has 1 aliphatic heterocycles. The molecular formula is C28H27NO2. The number of rotatable bonds is 8. The molecule has 0 aromatic heterocycles. The van der Waals surface area contributed by atoms with Crippen LogP contribution in [0.5, 0.6) is 5.75 Å². The van der Waals surface area contributed by atoms with Gasteiger partial charge in [-0.1, -0.05) is 60.7 Å². The van der Waals surface area contributed by atoms with Crippen LogP contribution >= 0.6 is 0 Å². The Bertz CT molecular complexity index is 1090. The van der Waals surface area contributed by atoms with E-state index in [1.54, 1.807) is 7.11 Å². The maximum atomic E-state index is 13.8. The number of carbonyl (C=O) groups is 1. The molecule has 3 aromatic carbocycles. The maximum Gasteiger partial charge on any atom is 0.191 e. The van der Waals surface area contributed by atoms with Gasteiger partial charge in [0.2, 0.25) is 0 Å². The molecule has 0 fully saturated rings. The number of ether oxygens (including phenoxy) is 1. The van der Waals surface area contributed by atoms with Crippen molar-refractivity contribution < 1.29 is 9.53 Å². The third-order valence-corrected chi connectivity index (χ3v) is 6.04. The number of fused-ring (bicyclic) bond motifs is 1. The Morgan fingerprint density at radius 2 is 1.55 bits per heavy atom. The average Bonchev–Trinajstić information content (AvgIpc) is 3.03. The number of anilines is 1. The molecule has 1 aliphatic rings. The van der Waals surface area contributed by atoms with Crippen LogP contribution in [0.2, 0.25) is 0 Å². The van der Waals surface area contributed by atoms with Crippen molar-refractivity contribution in [3.63, 3.8) is 0 Å². The van der Waals surface area contributed by atoms with Crippen LogP contribution in [0.15, 0.2) is 98.1 Å². The Morgan fingerprint density at radius 3 is 2.16 bits per heavy atom. The molecule has 4 rings (SSSR count). The minimum Gasteiger partial charge on any atom is -0.497 e. The Morgan fingerprint density at radius 1 is 0.903 bits per heavy atom. The molecule has 3 nitrogen and oxygen atoms in total. The number of ketones is 1. The minimum absolute atomic E-state index is 0.133. The summed E-state index contributed by atoms with van der Waals surface area (Å²) < 4.78 is 5.27. The van der Waals surface area contributed by atoms with Crippen molar-refractivity contribution in [2.45, 2.75) is 24.9 Å². The zero-order chi connectivity index (χ0) is 21.8. The Balaban J connectivity index is 1.81. The van der Waals surface area contributed by atoms with Gasteiger partial charge in [-0.3, -0.25) is 4.79 Å². The topological polar surface area (TPSA) is 29.5 Å². The first-order valence-electron chi connectivity index (χ1n) is 10.5. The maximum absolute atomic E-state index is 13.8. The fourth-order valence-electron chi connectivity index (χ4n) is 4.49. The van der Waals surface area contributed by atoms with Crippen molar-refractivity contribution in [2.75, 3.05) is 12.0 Å². The molecule has 3 aromatic rings. The number of Topliss-reactive ketones (excluding diaryl/α,β-unsaturated/α-hetero) is 1. The number of methoxy groups -OCH3 is 1. The average molecular weight is 410 g/mol. The lowest BCUT2D eigenvalue weighted by Crippen LogP contribution is -2.49. The summed E-state index contributed by atoms with van der Waals surface area (Å²) in [7, 11) is 1.66. The number of benzene rings is 3. The molecule has 1 heterocycles. The van der Waals surface area contributed by atoms with Crippen LogP contribution in [-0.2, 0) is 6.54 Å². The van der Waals surface area contributed by atoms with E-state index in [1.807, 2.05) is 60.7 Å². The van der Waals surface area contributed by atoms with Crippen molar-refractivity contribution in [1.29, 1.82) is 0 Å². The van der Waals surface area contributed by atoms with E-state index in [-0.39, 0.29) is 5.78 Å². The number of hydrogen-bond donors (Lipinski definition) is 0. The van der Waals surface area contributed by atoms with Gasteiger partial charge in [-0.15, -0.1) is 13.2 Å². The van der Waals surface area contributed by atoms with Crippen molar-refractivity contribution in [2.24, 2.45) is 0 Å². The second-order valence-corrected chi connectivity index (χ2v) is 7.88. The third kappa shape index (κ3) is 3.68. The fourth-order valence-corrected chi connectivity index (χ4v) is 4.49. The number of carbonyl (C=O) groups excluding carboxylic acids is 1. The van der Waals surface area contributed by atoms with Gasteiger partial charge in [0.25, 0.3) is 0 Å². The van der Waals surface area contributed by atoms with Crippen molar-refractivity contribution >= 4 is 11.5 Å². The Hall–Kier alpha value is -3.59. The molecule has 0 radical (unpaired) electrons. The van der Waals surface area contributed by atoms with E-state index in [0.29, 0.717) is 19.4 Å². The van der Waals surface area contributed by atoms with E-state index >= 15 is 0 Å². The zero-order valence-corrected chi connectivity index (χ0v) is 17.9. The van der Waals surface area contributed by atoms with Gasteiger partial charge in [0.05, 0.1) is 7.11 Å². The molecule has 3 heteroatoms. The summed E-state index contributed by atoms with van der Waals surface area (Å²) >= 11 is 0. The molecule has 156 valence electrons. The van der Waals surface area contributed by atoms with E-state index in [4.69, 9.17) is 4.74 Å². The van der Waals surface area contributed by atoms with E-state index < -0.39 is 5.54 Å². The fraction of sp³-hybridized carbons (Fsp3) is 0.179. The highest BCUT2D eigenvalue weighted by Crippen LogP contribution is 2.45. The lowest BCUT2D eigenvalue weighted by Gasteiger charge is -2.38. The van der Waals surface area contributed by atoms with Crippen LogP contribution in [0, 0.1) is 0 Å².